The standard InChI is InChI=1S/C17H22N4O/c1-19(11-14-10-18-20(2)12-14)13-17(22)21-9-5-7-15-6-3-4-8-16(15)21/h3-4,6,8,10,12H,5,7,9,11,13H2,1-2H3. The van der Waals surface area contributed by atoms with Crippen molar-refractivity contribution in [3.63, 3.8) is 0 Å². The highest BCUT2D eigenvalue weighted by Crippen LogP contribution is 2.26. The van der Waals surface area contributed by atoms with Gasteiger partial charge in [0.1, 0.15) is 0 Å². The molecule has 1 amide bonds. The van der Waals surface area contributed by atoms with Crippen molar-refractivity contribution in [1.29, 1.82) is 0 Å². The molecule has 3 rings (SSSR count). The molecule has 0 saturated carbocycles. The smallest absolute Gasteiger partial charge is 0.241 e. The molecular formula is C17H22N4O. The zero-order chi connectivity index (χ0) is 15.5. The molecule has 116 valence electrons. The Morgan fingerprint density at radius 3 is 2.95 bits per heavy atom. The number of likely N-dealkylation sites (N-methyl/N-ethyl adjacent to an activating group) is 1. The first kappa shape index (κ1) is 14.8. The zero-order valence-electron chi connectivity index (χ0n) is 13.2. The maximum Gasteiger partial charge on any atom is 0.241 e. The van der Waals surface area contributed by atoms with Crippen LogP contribution in [0.4, 0.5) is 5.69 Å². The number of rotatable bonds is 4. The number of aromatic nitrogens is 2. The lowest BCUT2D eigenvalue weighted by Gasteiger charge is -2.30. The number of amides is 1. The Morgan fingerprint density at radius 1 is 1.36 bits per heavy atom. The van der Waals surface area contributed by atoms with Gasteiger partial charge in [-0.15, -0.1) is 0 Å². The second kappa shape index (κ2) is 6.32. The molecule has 0 spiro atoms. The van der Waals surface area contributed by atoms with Crippen LogP contribution in [-0.2, 0) is 24.8 Å². The van der Waals surface area contributed by atoms with Crippen LogP contribution in [0.2, 0.25) is 0 Å². The fraction of sp³-hybridized carbons (Fsp3) is 0.412. The van der Waals surface area contributed by atoms with Crippen LogP contribution in [0.5, 0.6) is 0 Å². The first-order chi connectivity index (χ1) is 10.6. The number of carbonyl (C=O) groups excluding carboxylic acids is 1. The fourth-order valence-corrected chi connectivity index (χ4v) is 3.03. The largest absolute Gasteiger partial charge is 0.311 e. The summed E-state index contributed by atoms with van der Waals surface area (Å²) in [6.45, 7) is 1.97. The van der Waals surface area contributed by atoms with E-state index in [-0.39, 0.29) is 5.91 Å². The summed E-state index contributed by atoms with van der Waals surface area (Å²) in [6, 6.07) is 8.22. The van der Waals surface area contributed by atoms with E-state index in [4.69, 9.17) is 0 Å². The molecular weight excluding hydrogens is 276 g/mol. The molecule has 0 bridgehead atoms. The normalized spacial score (nSPS) is 14.2. The van der Waals surface area contributed by atoms with E-state index in [0.717, 1.165) is 37.2 Å². The summed E-state index contributed by atoms with van der Waals surface area (Å²) in [6.07, 6.45) is 5.93. The van der Waals surface area contributed by atoms with E-state index in [1.807, 2.05) is 54.5 Å². The van der Waals surface area contributed by atoms with Crippen molar-refractivity contribution < 1.29 is 4.79 Å². The number of nitrogens with zero attached hydrogens (tertiary/aromatic N) is 4. The van der Waals surface area contributed by atoms with Crippen LogP contribution < -0.4 is 4.90 Å². The van der Waals surface area contributed by atoms with Gasteiger partial charge < -0.3 is 4.90 Å². The molecule has 0 unspecified atom stereocenters. The topological polar surface area (TPSA) is 41.4 Å². The third kappa shape index (κ3) is 3.20. The van der Waals surface area contributed by atoms with Crippen LogP contribution in [0.1, 0.15) is 17.5 Å². The summed E-state index contributed by atoms with van der Waals surface area (Å²) in [5.74, 6) is 0.165. The molecule has 0 aliphatic carbocycles. The molecule has 0 N–H and O–H groups in total. The van der Waals surface area contributed by atoms with Crippen molar-refractivity contribution in [2.45, 2.75) is 19.4 Å². The molecule has 2 heterocycles. The number of hydrogen-bond acceptors (Lipinski definition) is 3. The SMILES string of the molecule is CN(CC(=O)N1CCCc2ccccc21)Cc1cnn(C)c1. The summed E-state index contributed by atoms with van der Waals surface area (Å²) in [4.78, 5) is 16.6. The highest BCUT2D eigenvalue weighted by Gasteiger charge is 2.22. The lowest BCUT2D eigenvalue weighted by Crippen LogP contribution is -2.41. The summed E-state index contributed by atoms with van der Waals surface area (Å²) < 4.78 is 1.78. The van der Waals surface area contributed by atoms with E-state index >= 15 is 0 Å². The number of para-hydroxylation sites is 1. The van der Waals surface area contributed by atoms with Crippen LogP contribution in [-0.4, -0.2) is 40.7 Å². The number of aryl methyl sites for hydroxylation is 2. The molecule has 5 heteroatoms. The molecule has 0 atom stereocenters. The quantitative estimate of drug-likeness (QED) is 0.865. The Hall–Kier alpha value is -2.14. The second-order valence-corrected chi connectivity index (χ2v) is 5.97. The summed E-state index contributed by atoms with van der Waals surface area (Å²) in [7, 11) is 3.88. The minimum Gasteiger partial charge on any atom is -0.311 e. The molecule has 1 aliphatic rings. The van der Waals surface area contributed by atoms with Crippen molar-refractivity contribution in [3.05, 3.63) is 47.8 Å². The first-order valence-electron chi connectivity index (χ1n) is 7.68. The maximum atomic E-state index is 12.6. The molecule has 2 aromatic rings. The van der Waals surface area contributed by atoms with Gasteiger partial charge in [0.2, 0.25) is 5.91 Å². The van der Waals surface area contributed by atoms with Crippen molar-refractivity contribution in [1.82, 2.24) is 14.7 Å². The van der Waals surface area contributed by atoms with E-state index < -0.39 is 0 Å². The van der Waals surface area contributed by atoms with Gasteiger partial charge in [-0.2, -0.15) is 5.10 Å². The average molecular weight is 298 g/mol. The molecule has 5 nitrogen and oxygen atoms in total. The van der Waals surface area contributed by atoms with Crippen molar-refractivity contribution in [3.8, 4) is 0 Å². The van der Waals surface area contributed by atoms with Gasteiger partial charge in [0, 0.05) is 37.6 Å². The monoisotopic (exact) mass is 298 g/mol. The number of fused-ring (bicyclic) bond motifs is 1. The molecule has 1 aromatic carbocycles. The summed E-state index contributed by atoms with van der Waals surface area (Å²) >= 11 is 0. The van der Waals surface area contributed by atoms with Crippen LogP contribution in [0.25, 0.3) is 0 Å². The second-order valence-electron chi connectivity index (χ2n) is 5.97. The Bertz CT molecular complexity index is 664. The molecule has 22 heavy (non-hydrogen) atoms. The van der Waals surface area contributed by atoms with Gasteiger partial charge >= 0.3 is 0 Å². The average Bonchev–Trinajstić information content (AvgIpc) is 2.91. The predicted molar refractivity (Wildman–Crippen MR) is 86.7 cm³/mol. The van der Waals surface area contributed by atoms with Gasteiger partial charge in [0.05, 0.1) is 12.7 Å². The predicted octanol–water partition coefficient (Wildman–Crippen LogP) is 1.83. The van der Waals surface area contributed by atoms with Gasteiger partial charge in [-0.05, 0) is 31.5 Å². The Labute approximate surface area is 131 Å². The van der Waals surface area contributed by atoms with Gasteiger partial charge in [-0.3, -0.25) is 14.4 Å². The Morgan fingerprint density at radius 2 is 2.18 bits per heavy atom. The van der Waals surface area contributed by atoms with Crippen molar-refractivity contribution in [2.24, 2.45) is 7.05 Å². The van der Waals surface area contributed by atoms with Crippen molar-refractivity contribution in [2.75, 3.05) is 25.0 Å². The molecule has 0 saturated heterocycles. The molecule has 0 radical (unpaired) electrons. The minimum absolute atomic E-state index is 0.165. The van der Waals surface area contributed by atoms with Gasteiger partial charge in [0.25, 0.3) is 0 Å². The van der Waals surface area contributed by atoms with Crippen molar-refractivity contribution >= 4 is 11.6 Å². The maximum absolute atomic E-state index is 12.6. The summed E-state index contributed by atoms with van der Waals surface area (Å²) in [5.41, 5.74) is 3.47. The van der Waals surface area contributed by atoms with Gasteiger partial charge in [0.15, 0.2) is 0 Å². The van der Waals surface area contributed by atoms with Crippen LogP contribution in [0.3, 0.4) is 0 Å². The Kier molecular flexibility index (Phi) is 4.24. The third-order valence-electron chi connectivity index (χ3n) is 4.03. The third-order valence-corrected chi connectivity index (χ3v) is 4.03. The molecule has 1 aliphatic heterocycles. The minimum atomic E-state index is 0.165. The van der Waals surface area contributed by atoms with E-state index in [2.05, 4.69) is 11.2 Å². The summed E-state index contributed by atoms with van der Waals surface area (Å²) in [5, 5.41) is 4.16. The number of anilines is 1. The van der Waals surface area contributed by atoms with E-state index in [1.54, 1.807) is 4.68 Å². The van der Waals surface area contributed by atoms with E-state index in [9.17, 15) is 4.79 Å². The lowest BCUT2D eigenvalue weighted by atomic mass is 10.0. The van der Waals surface area contributed by atoms with Crippen LogP contribution in [0, 0.1) is 0 Å². The van der Waals surface area contributed by atoms with Crippen LogP contribution in [0.15, 0.2) is 36.7 Å². The molecule has 1 aromatic heterocycles. The van der Waals surface area contributed by atoms with E-state index in [0.29, 0.717) is 6.54 Å². The fourth-order valence-electron chi connectivity index (χ4n) is 3.03. The van der Waals surface area contributed by atoms with Crippen LogP contribution >= 0.6 is 0 Å². The first-order valence-corrected chi connectivity index (χ1v) is 7.68. The highest BCUT2D eigenvalue weighted by atomic mass is 16.2. The zero-order valence-corrected chi connectivity index (χ0v) is 13.2. The van der Waals surface area contributed by atoms with Gasteiger partial charge in [-0.25, -0.2) is 0 Å². The van der Waals surface area contributed by atoms with E-state index in [1.165, 1.54) is 5.56 Å². The molecule has 0 fully saturated rings. The Balaban J connectivity index is 1.65. The number of carbonyl (C=O) groups is 1. The number of benzene rings is 1. The number of hydrogen-bond donors (Lipinski definition) is 0. The highest BCUT2D eigenvalue weighted by molar-refractivity contribution is 5.95. The lowest BCUT2D eigenvalue weighted by molar-refractivity contribution is -0.119. The van der Waals surface area contributed by atoms with Gasteiger partial charge in [-0.1, -0.05) is 18.2 Å².